The molecule has 4 rings (SSSR count). The number of anilines is 2. The molecule has 0 bridgehead atoms. The van der Waals surface area contributed by atoms with Crippen LogP contribution in [-0.4, -0.2) is 15.0 Å². The van der Waals surface area contributed by atoms with Gasteiger partial charge in [-0.1, -0.05) is 24.3 Å². The Morgan fingerprint density at radius 3 is 2.57 bits per heavy atom. The van der Waals surface area contributed by atoms with Crippen LogP contribution in [-0.2, 0) is 13.1 Å². The number of hydrogen-bond acceptors (Lipinski definition) is 6. The zero-order chi connectivity index (χ0) is 19.2. The monoisotopic (exact) mass is 391 g/mol. The minimum Gasteiger partial charge on any atom is -0.325 e. The Labute approximate surface area is 166 Å². The second-order valence-corrected chi connectivity index (χ2v) is 7.05. The maximum absolute atomic E-state index is 13.2. The van der Waals surface area contributed by atoms with Crippen molar-refractivity contribution in [2.45, 2.75) is 13.1 Å². The number of nitrogens with one attached hydrogen (secondary N) is 2. The molecule has 4 aromatic rings. The Morgan fingerprint density at radius 2 is 1.79 bits per heavy atom. The van der Waals surface area contributed by atoms with E-state index in [1.807, 2.05) is 48.0 Å². The van der Waals surface area contributed by atoms with Gasteiger partial charge in [0.25, 0.3) is 0 Å². The lowest BCUT2D eigenvalue weighted by molar-refractivity contribution is 0.620. The van der Waals surface area contributed by atoms with E-state index in [1.165, 1.54) is 12.1 Å². The van der Waals surface area contributed by atoms with Crippen LogP contribution in [0.25, 0.3) is 10.7 Å². The van der Waals surface area contributed by atoms with Crippen molar-refractivity contribution in [2.75, 3.05) is 5.32 Å². The van der Waals surface area contributed by atoms with E-state index in [0.717, 1.165) is 33.5 Å². The summed E-state index contributed by atoms with van der Waals surface area (Å²) < 4.78 is 13.2. The predicted molar refractivity (Wildman–Crippen MR) is 110 cm³/mol. The molecular formula is C21H18FN5S. The summed E-state index contributed by atoms with van der Waals surface area (Å²) in [5, 5.41) is 9.32. The molecule has 0 saturated carbocycles. The molecule has 0 aliphatic heterocycles. The van der Waals surface area contributed by atoms with Gasteiger partial charge in [0.2, 0.25) is 0 Å². The highest BCUT2D eigenvalue weighted by atomic mass is 32.1. The number of rotatable bonds is 7. The van der Waals surface area contributed by atoms with Crippen LogP contribution in [0.3, 0.4) is 0 Å². The highest BCUT2D eigenvalue weighted by Gasteiger charge is 2.04. The molecule has 0 radical (unpaired) electrons. The number of halogens is 1. The molecule has 0 spiro atoms. The summed E-state index contributed by atoms with van der Waals surface area (Å²) >= 11 is 1.55. The first kappa shape index (κ1) is 18.2. The molecule has 3 heterocycles. The van der Waals surface area contributed by atoms with Gasteiger partial charge in [-0.3, -0.25) is 0 Å². The third kappa shape index (κ3) is 4.76. The van der Waals surface area contributed by atoms with Crippen LogP contribution >= 0.6 is 11.3 Å². The van der Waals surface area contributed by atoms with E-state index < -0.39 is 0 Å². The van der Waals surface area contributed by atoms with Crippen molar-refractivity contribution in [1.29, 1.82) is 0 Å². The van der Waals surface area contributed by atoms with Crippen LogP contribution in [0.15, 0.2) is 72.4 Å². The molecule has 0 aliphatic carbocycles. The Balaban J connectivity index is 1.34. The van der Waals surface area contributed by atoms with Crippen LogP contribution in [0.5, 0.6) is 0 Å². The van der Waals surface area contributed by atoms with Gasteiger partial charge in [-0.2, -0.15) is 0 Å². The minimum absolute atomic E-state index is 0.219. The molecule has 28 heavy (non-hydrogen) atoms. The summed E-state index contributed by atoms with van der Waals surface area (Å²) in [4.78, 5) is 13.3. The van der Waals surface area contributed by atoms with E-state index in [2.05, 4.69) is 25.6 Å². The maximum Gasteiger partial charge on any atom is 0.141 e. The minimum atomic E-state index is -0.219. The second-order valence-electron chi connectivity index (χ2n) is 6.16. The molecule has 140 valence electrons. The predicted octanol–water partition coefficient (Wildman–Crippen LogP) is 4.77. The van der Waals surface area contributed by atoms with Crippen LogP contribution in [0, 0.1) is 5.82 Å². The first-order valence-electron chi connectivity index (χ1n) is 8.80. The first-order chi connectivity index (χ1) is 13.8. The molecular weight excluding hydrogens is 373 g/mol. The fourth-order valence-electron chi connectivity index (χ4n) is 2.71. The molecule has 0 saturated heterocycles. The van der Waals surface area contributed by atoms with Crippen LogP contribution < -0.4 is 10.6 Å². The summed E-state index contributed by atoms with van der Waals surface area (Å²) in [5.41, 5.74) is 2.79. The normalized spacial score (nSPS) is 10.8. The summed E-state index contributed by atoms with van der Waals surface area (Å²) in [7, 11) is 0. The smallest absolute Gasteiger partial charge is 0.141 e. The zero-order valence-corrected chi connectivity index (χ0v) is 15.8. The van der Waals surface area contributed by atoms with Gasteiger partial charge in [0.15, 0.2) is 0 Å². The van der Waals surface area contributed by atoms with Gasteiger partial charge in [-0.15, -0.1) is 11.3 Å². The van der Waals surface area contributed by atoms with Gasteiger partial charge < -0.3 is 10.6 Å². The van der Waals surface area contributed by atoms with E-state index in [0.29, 0.717) is 13.1 Å². The van der Waals surface area contributed by atoms with Crippen LogP contribution in [0.1, 0.15) is 11.1 Å². The lowest BCUT2D eigenvalue weighted by Crippen LogP contribution is -2.13. The summed E-state index contributed by atoms with van der Waals surface area (Å²) in [6, 6.07) is 16.3. The van der Waals surface area contributed by atoms with Crippen LogP contribution in [0.2, 0.25) is 0 Å². The quantitative estimate of drug-likeness (QED) is 0.475. The maximum atomic E-state index is 13.2. The molecule has 0 amide bonds. The summed E-state index contributed by atoms with van der Waals surface area (Å²) in [6.45, 7) is 1.26. The van der Waals surface area contributed by atoms with Gasteiger partial charge in [0.1, 0.15) is 28.2 Å². The van der Waals surface area contributed by atoms with E-state index in [1.54, 1.807) is 23.6 Å². The molecule has 1 aromatic carbocycles. The Morgan fingerprint density at radius 1 is 0.893 bits per heavy atom. The van der Waals surface area contributed by atoms with Gasteiger partial charge in [-0.25, -0.2) is 19.3 Å². The average Bonchev–Trinajstić information content (AvgIpc) is 3.25. The van der Waals surface area contributed by atoms with Gasteiger partial charge >= 0.3 is 0 Å². The molecule has 0 atom stereocenters. The lowest BCUT2D eigenvalue weighted by Gasteiger charge is -2.08. The number of aromatic nitrogens is 3. The molecule has 0 fully saturated rings. The third-order valence-corrected chi connectivity index (χ3v) is 4.82. The first-order valence-corrected chi connectivity index (χ1v) is 9.68. The van der Waals surface area contributed by atoms with Crippen molar-refractivity contribution in [3.63, 3.8) is 0 Å². The molecule has 3 aromatic heterocycles. The zero-order valence-electron chi connectivity index (χ0n) is 15.0. The van der Waals surface area contributed by atoms with Crippen molar-refractivity contribution in [3.8, 4) is 10.7 Å². The van der Waals surface area contributed by atoms with E-state index in [9.17, 15) is 4.39 Å². The van der Waals surface area contributed by atoms with E-state index in [4.69, 9.17) is 0 Å². The van der Waals surface area contributed by atoms with E-state index in [-0.39, 0.29) is 5.82 Å². The molecule has 7 heteroatoms. The van der Waals surface area contributed by atoms with Crippen molar-refractivity contribution in [1.82, 2.24) is 20.3 Å². The molecule has 0 aliphatic rings. The molecule has 2 N–H and O–H groups in total. The summed E-state index contributed by atoms with van der Waals surface area (Å²) in [6.07, 6.45) is 3.58. The molecule has 5 nitrogen and oxygen atoms in total. The van der Waals surface area contributed by atoms with Crippen LogP contribution in [0.4, 0.5) is 16.0 Å². The van der Waals surface area contributed by atoms with Crippen molar-refractivity contribution in [2.24, 2.45) is 0 Å². The largest absolute Gasteiger partial charge is 0.325 e. The number of hydrogen-bond donors (Lipinski definition) is 2. The number of nitrogens with zero attached hydrogens (tertiary/aromatic N) is 3. The SMILES string of the molecule is Fc1cccc(CNCc2ccc(Nc3cccc(-c4nccs4)n3)nc2)c1. The van der Waals surface area contributed by atoms with Crippen molar-refractivity contribution in [3.05, 3.63) is 89.3 Å². The standard InChI is InChI=1S/C21H18FN5S/c22-17-4-1-3-15(11-17)12-23-13-16-7-8-19(25-14-16)27-20-6-2-5-18(26-20)21-24-9-10-28-21/h1-11,14,23H,12-13H2,(H,25,26,27). The van der Waals surface area contributed by atoms with Gasteiger partial charge in [0.05, 0.1) is 0 Å². The number of thiazole rings is 1. The third-order valence-electron chi connectivity index (χ3n) is 4.03. The Bertz CT molecular complexity index is 1030. The second kappa shape index (κ2) is 8.69. The fourth-order valence-corrected chi connectivity index (χ4v) is 3.31. The summed E-state index contributed by atoms with van der Waals surface area (Å²) in [5.74, 6) is 1.22. The highest BCUT2D eigenvalue weighted by molar-refractivity contribution is 7.13. The van der Waals surface area contributed by atoms with E-state index >= 15 is 0 Å². The fraction of sp³-hybridized carbons (Fsp3) is 0.0952. The van der Waals surface area contributed by atoms with Gasteiger partial charge in [0, 0.05) is 30.9 Å². The van der Waals surface area contributed by atoms with Crippen molar-refractivity contribution >= 4 is 23.0 Å². The Kier molecular flexibility index (Phi) is 5.65. The van der Waals surface area contributed by atoms with Crippen molar-refractivity contribution < 1.29 is 4.39 Å². The molecule has 0 unspecified atom stereocenters. The highest BCUT2D eigenvalue weighted by Crippen LogP contribution is 2.22. The Hall–Kier alpha value is -3.16. The number of benzene rings is 1. The number of pyridine rings is 2. The topological polar surface area (TPSA) is 62.7 Å². The lowest BCUT2D eigenvalue weighted by atomic mass is 10.2. The van der Waals surface area contributed by atoms with Gasteiger partial charge in [-0.05, 0) is 41.5 Å². The average molecular weight is 391 g/mol.